The second-order valence-electron chi connectivity index (χ2n) is 4.38. The predicted octanol–water partition coefficient (Wildman–Crippen LogP) is 3.92. The lowest BCUT2D eigenvalue weighted by Crippen LogP contribution is -2.09. The van der Waals surface area contributed by atoms with Gasteiger partial charge in [-0.25, -0.2) is 4.39 Å². The highest BCUT2D eigenvalue weighted by molar-refractivity contribution is 5.37. The van der Waals surface area contributed by atoms with E-state index in [4.69, 9.17) is 9.84 Å². The van der Waals surface area contributed by atoms with Crippen LogP contribution in [0, 0.1) is 5.82 Å². The fraction of sp³-hybridized carbons (Fsp3) is 0.200. The van der Waals surface area contributed by atoms with Gasteiger partial charge in [-0.15, -0.1) is 0 Å². The van der Waals surface area contributed by atoms with Gasteiger partial charge >= 0.3 is 6.18 Å². The van der Waals surface area contributed by atoms with Crippen LogP contribution in [0.5, 0.6) is 5.75 Å². The van der Waals surface area contributed by atoms with Gasteiger partial charge in [0, 0.05) is 5.56 Å². The zero-order valence-electron chi connectivity index (χ0n) is 10.8. The van der Waals surface area contributed by atoms with E-state index in [0.29, 0.717) is 17.7 Å². The van der Waals surface area contributed by atoms with Crippen LogP contribution >= 0.6 is 0 Å². The lowest BCUT2D eigenvalue weighted by molar-refractivity contribution is -0.137. The average molecular weight is 300 g/mol. The van der Waals surface area contributed by atoms with Crippen LogP contribution in [-0.4, -0.2) is 5.11 Å². The molecule has 0 aliphatic heterocycles. The van der Waals surface area contributed by atoms with Crippen molar-refractivity contribution in [1.82, 2.24) is 0 Å². The summed E-state index contributed by atoms with van der Waals surface area (Å²) in [4.78, 5) is 0. The fourth-order valence-electron chi connectivity index (χ4n) is 1.77. The lowest BCUT2D eigenvalue weighted by Gasteiger charge is -2.14. The van der Waals surface area contributed by atoms with Crippen molar-refractivity contribution in [2.24, 2.45) is 0 Å². The van der Waals surface area contributed by atoms with Gasteiger partial charge in [0.15, 0.2) is 11.6 Å². The van der Waals surface area contributed by atoms with E-state index in [2.05, 4.69) is 0 Å². The van der Waals surface area contributed by atoms with Crippen molar-refractivity contribution in [2.75, 3.05) is 0 Å². The van der Waals surface area contributed by atoms with E-state index in [9.17, 15) is 17.6 Å². The molecule has 0 bridgehead atoms. The lowest BCUT2D eigenvalue weighted by atomic mass is 10.1. The van der Waals surface area contributed by atoms with Crippen molar-refractivity contribution < 1.29 is 27.4 Å². The highest BCUT2D eigenvalue weighted by Gasteiger charge is 2.32. The van der Waals surface area contributed by atoms with Crippen LogP contribution in [0.4, 0.5) is 17.6 Å². The minimum absolute atomic E-state index is 0.0655. The Labute approximate surface area is 118 Å². The normalized spacial score (nSPS) is 11.5. The molecule has 0 saturated carbocycles. The first-order chi connectivity index (χ1) is 9.91. The van der Waals surface area contributed by atoms with E-state index in [1.165, 1.54) is 0 Å². The van der Waals surface area contributed by atoms with Gasteiger partial charge in [-0.2, -0.15) is 13.2 Å². The van der Waals surface area contributed by atoms with Gasteiger partial charge in [-0.3, -0.25) is 0 Å². The van der Waals surface area contributed by atoms with Gasteiger partial charge in [0.05, 0.1) is 12.2 Å². The minimum atomic E-state index is -4.64. The average Bonchev–Trinajstić information content (AvgIpc) is 2.46. The Hall–Kier alpha value is -2.08. The zero-order valence-corrected chi connectivity index (χ0v) is 10.8. The van der Waals surface area contributed by atoms with Gasteiger partial charge in [0.1, 0.15) is 6.61 Å². The summed E-state index contributed by atoms with van der Waals surface area (Å²) in [6.45, 7) is -0.901. The standard InChI is InChI=1S/C15H12F4O2/c16-14-11(8-20)6-12(15(17,18)19)7-13(14)21-9-10-4-2-1-3-5-10/h1-7,20H,8-9H2. The van der Waals surface area contributed by atoms with Crippen molar-refractivity contribution in [3.63, 3.8) is 0 Å². The molecule has 2 nitrogen and oxygen atoms in total. The monoisotopic (exact) mass is 300 g/mol. The molecular weight excluding hydrogens is 288 g/mol. The highest BCUT2D eigenvalue weighted by Crippen LogP contribution is 2.34. The quantitative estimate of drug-likeness (QED) is 0.867. The molecule has 0 aliphatic carbocycles. The third-order valence-corrected chi connectivity index (χ3v) is 2.85. The summed E-state index contributed by atoms with van der Waals surface area (Å²) in [6.07, 6.45) is -4.64. The number of aliphatic hydroxyl groups excluding tert-OH is 1. The Balaban J connectivity index is 2.29. The highest BCUT2D eigenvalue weighted by atomic mass is 19.4. The predicted molar refractivity (Wildman–Crippen MR) is 68.1 cm³/mol. The molecule has 0 unspecified atom stereocenters. The number of halogens is 4. The van der Waals surface area contributed by atoms with E-state index in [-0.39, 0.29) is 6.61 Å². The van der Waals surface area contributed by atoms with Crippen LogP contribution in [0.2, 0.25) is 0 Å². The van der Waals surface area contributed by atoms with Gasteiger partial charge in [-0.05, 0) is 17.7 Å². The number of hydrogen-bond donors (Lipinski definition) is 1. The van der Waals surface area contributed by atoms with Crippen LogP contribution in [-0.2, 0) is 19.4 Å². The van der Waals surface area contributed by atoms with Crippen molar-refractivity contribution in [3.8, 4) is 5.75 Å². The van der Waals surface area contributed by atoms with Crippen LogP contribution in [0.3, 0.4) is 0 Å². The van der Waals surface area contributed by atoms with Crippen molar-refractivity contribution in [1.29, 1.82) is 0 Å². The van der Waals surface area contributed by atoms with Gasteiger partial charge < -0.3 is 9.84 Å². The number of alkyl halides is 3. The van der Waals surface area contributed by atoms with Gasteiger partial charge in [0.25, 0.3) is 0 Å². The van der Waals surface area contributed by atoms with Gasteiger partial charge in [-0.1, -0.05) is 30.3 Å². The van der Waals surface area contributed by atoms with Crippen LogP contribution in [0.15, 0.2) is 42.5 Å². The summed E-state index contributed by atoms with van der Waals surface area (Å²) in [6, 6.07) is 9.83. The van der Waals surface area contributed by atoms with Crippen molar-refractivity contribution >= 4 is 0 Å². The Morgan fingerprint density at radius 3 is 2.29 bits per heavy atom. The summed E-state index contributed by atoms with van der Waals surface area (Å²) in [5.41, 5.74) is -0.816. The van der Waals surface area contributed by atoms with Crippen molar-refractivity contribution in [3.05, 3.63) is 65.0 Å². The second-order valence-corrected chi connectivity index (χ2v) is 4.38. The summed E-state index contributed by atoms with van der Waals surface area (Å²) in [5.74, 6) is -1.51. The fourth-order valence-corrected chi connectivity index (χ4v) is 1.77. The molecule has 0 amide bonds. The molecule has 2 aromatic carbocycles. The number of rotatable bonds is 4. The maximum Gasteiger partial charge on any atom is 0.416 e. The largest absolute Gasteiger partial charge is 0.486 e. The van der Waals surface area contributed by atoms with E-state index in [1.807, 2.05) is 0 Å². The molecule has 2 rings (SSSR count). The summed E-state index contributed by atoms with van der Waals surface area (Å²) < 4.78 is 57.2. The molecule has 0 radical (unpaired) electrons. The number of ether oxygens (including phenoxy) is 1. The first kappa shape index (κ1) is 15.3. The second kappa shape index (κ2) is 6.13. The first-order valence-electron chi connectivity index (χ1n) is 6.09. The molecule has 112 valence electrons. The van der Waals surface area contributed by atoms with E-state index >= 15 is 0 Å². The molecule has 2 aromatic rings. The summed E-state index contributed by atoms with van der Waals surface area (Å²) in [5, 5.41) is 8.96. The smallest absolute Gasteiger partial charge is 0.416 e. The number of benzene rings is 2. The molecule has 0 heterocycles. The molecule has 6 heteroatoms. The molecule has 1 N–H and O–H groups in total. The molecule has 21 heavy (non-hydrogen) atoms. The summed E-state index contributed by atoms with van der Waals surface area (Å²) >= 11 is 0. The van der Waals surface area contributed by atoms with Crippen LogP contribution in [0.25, 0.3) is 0 Å². The SMILES string of the molecule is OCc1cc(C(F)(F)F)cc(OCc2ccccc2)c1F. The Kier molecular flexibility index (Phi) is 4.47. The Morgan fingerprint density at radius 2 is 1.71 bits per heavy atom. The van der Waals surface area contributed by atoms with Crippen LogP contribution in [0.1, 0.15) is 16.7 Å². The molecular formula is C15H12F4O2. The third kappa shape index (κ3) is 3.72. The maximum absolute atomic E-state index is 13.9. The molecule has 0 aliphatic rings. The third-order valence-electron chi connectivity index (χ3n) is 2.85. The van der Waals surface area contributed by atoms with E-state index < -0.39 is 35.5 Å². The molecule has 0 fully saturated rings. The van der Waals surface area contributed by atoms with Crippen molar-refractivity contribution in [2.45, 2.75) is 19.4 Å². The van der Waals surface area contributed by atoms with Gasteiger partial charge in [0.2, 0.25) is 0 Å². The Bertz CT molecular complexity index is 609. The maximum atomic E-state index is 13.9. The number of hydrogen-bond acceptors (Lipinski definition) is 2. The molecule has 0 atom stereocenters. The zero-order chi connectivity index (χ0) is 15.5. The molecule has 0 spiro atoms. The molecule has 0 saturated heterocycles. The Morgan fingerprint density at radius 1 is 1.05 bits per heavy atom. The first-order valence-corrected chi connectivity index (χ1v) is 6.09. The topological polar surface area (TPSA) is 29.5 Å². The molecule has 0 aromatic heterocycles. The minimum Gasteiger partial charge on any atom is -0.486 e. The van der Waals surface area contributed by atoms with E-state index in [1.54, 1.807) is 30.3 Å². The van der Waals surface area contributed by atoms with E-state index in [0.717, 1.165) is 0 Å². The van der Waals surface area contributed by atoms with Crippen LogP contribution < -0.4 is 4.74 Å². The summed E-state index contributed by atoms with van der Waals surface area (Å²) in [7, 11) is 0. The number of aliphatic hydroxyl groups is 1.